The molecule has 3 unspecified atom stereocenters. The van der Waals surface area contributed by atoms with Gasteiger partial charge in [-0.2, -0.15) is 0 Å². The molecule has 5 nitrogen and oxygen atoms in total. The molecule has 0 aromatic rings. The van der Waals surface area contributed by atoms with Crippen LogP contribution >= 0.6 is 20.4 Å². The van der Waals surface area contributed by atoms with E-state index < -0.39 is 25.8 Å². The van der Waals surface area contributed by atoms with Gasteiger partial charge in [-0.3, -0.25) is 0 Å². The summed E-state index contributed by atoms with van der Waals surface area (Å²) in [5.74, 6) is 0.586. The summed E-state index contributed by atoms with van der Waals surface area (Å²) < 4.78 is 18.3. The van der Waals surface area contributed by atoms with Crippen molar-refractivity contribution in [3.8, 4) is 0 Å². The van der Waals surface area contributed by atoms with Crippen molar-refractivity contribution in [2.24, 2.45) is 22.2 Å². The number of fused-ring (bicyclic) bond motifs is 3. The van der Waals surface area contributed by atoms with Gasteiger partial charge in [0.25, 0.3) is 0 Å². The number of esters is 1. The molecule has 0 amide bonds. The Morgan fingerprint density at radius 1 is 1.32 bits per heavy atom. The quantitative estimate of drug-likeness (QED) is 0.136. The summed E-state index contributed by atoms with van der Waals surface area (Å²) in [6, 6.07) is 0. The Morgan fingerprint density at radius 2 is 1.95 bits per heavy atom. The minimum absolute atomic E-state index is 0.0638. The molecule has 0 aromatic carbocycles. The molecule has 2 aliphatic carbocycles. The zero-order chi connectivity index (χ0) is 16.0. The fourth-order valence-corrected chi connectivity index (χ4v) is 10.4. The van der Waals surface area contributed by atoms with Crippen LogP contribution in [-0.4, -0.2) is 22.5 Å². The van der Waals surface area contributed by atoms with E-state index in [-0.39, 0.29) is 33.4 Å². The Kier molecular flexibility index (Phi) is 3.10. The minimum atomic E-state index is -1.14. The first-order valence-electron chi connectivity index (χ1n) is 8.18. The number of carbonyl (C=O) groups excluding carboxylic acids is 1. The van der Waals surface area contributed by atoms with Gasteiger partial charge in [0.15, 0.2) is 0 Å². The topological polar surface area (TPSA) is 79.4 Å². The Bertz CT molecular complexity index is 525. The van der Waals surface area contributed by atoms with Crippen LogP contribution in [0.4, 0.5) is 0 Å². The van der Waals surface area contributed by atoms with Crippen molar-refractivity contribution in [3.05, 3.63) is 0 Å². The summed E-state index contributed by atoms with van der Waals surface area (Å²) in [6.45, 7) is 10.9. The number of hydrogen-bond donors (Lipinski definition) is 2. The molecular weight excluding hydrogens is 395 g/mol. The fourth-order valence-electron chi connectivity index (χ4n) is 4.85. The predicted octanol–water partition coefficient (Wildman–Crippen LogP) is 2.94. The second-order valence-electron chi connectivity index (χ2n) is 8.77. The van der Waals surface area contributed by atoms with Gasteiger partial charge in [0, 0.05) is 0 Å². The number of ether oxygens (including phenoxy) is 2. The molecule has 2 heterocycles. The number of halogens is 1. The SMILES string of the molecule is CC12CCC(C1)C(C)(C)C2OCOC(=O)C(C)(C)C12NI1N2. The van der Waals surface area contributed by atoms with E-state index in [0.29, 0.717) is 0 Å². The molecule has 4 rings (SSSR count). The zero-order valence-corrected chi connectivity index (χ0v) is 16.2. The number of nitrogens with one attached hydrogen (secondary N) is 2. The zero-order valence-electron chi connectivity index (χ0n) is 14.1. The fraction of sp³-hybridized carbons (Fsp3) is 0.938. The Morgan fingerprint density at radius 3 is 2.45 bits per heavy atom. The van der Waals surface area contributed by atoms with Crippen molar-refractivity contribution >= 4 is 26.3 Å². The predicted molar refractivity (Wildman–Crippen MR) is 91.9 cm³/mol. The van der Waals surface area contributed by atoms with E-state index in [1.165, 1.54) is 19.3 Å². The van der Waals surface area contributed by atoms with Crippen LogP contribution in [0, 0.1) is 22.2 Å². The summed E-state index contributed by atoms with van der Waals surface area (Å²) in [7, 11) is 0. The number of hydrogen-bond acceptors (Lipinski definition) is 5. The molecule has 2 saturated carbocycles. The summed E-state index contributed by atoms with van der Waals surface area (Å²) in [5, 5.41) is 0. The number of carbonyl (C=O) groups is 1. The summed E-state index contributed by atoms with van der Waals surface area (Å²) in [4.78, 5) is 12.4. The Hall–Kier alpha value is 0.0800. The van der Waals surface area contributed by atoms with E-state index in [1.807, 2.05) is 13.8 Å². The van der Waals surface area contributed by atoms with Crippen molar-refractivity contribution in [2.45, 2.75) is 63.7 Å². The van der Waals surface area contributed by atoms with Crippen molar-refractivity contribution < 1.29 is 14.3 Å². The molecule has 0 aromatic heterocycles. The van der Waals surface area contributed by atoms with Crippen molar-refractivity contribution in [1.82, 2.24) is 7.06 Å². The average molecular weight is 422 g/mol. The van der Waals surface area contributed by atoms with Crippen molar-refractivity contribution in [3.63, 3.8) is 0 Å². The van der Waals surface area contributed by atoms with Gasteiger partial charge < -0.3 is 0 Å². The van der Waals surface area contributed by atoms with Crippen LogP contribution in [0.25, 0.3) is 0 Å². The van der Waals surface area contributed by atoms with Gasteiger partial charge in [-0.1, -0.05) is 0 Å². The molecule has 22 heavy (non-hydrogen) atoms. The van der Waals surface area contributed by atoms with E-state index in [4.69, 9.17) is 9.47 Å². The monoisotopic (exact) mass is 422 g/mol. The van der Waals surface area contributed by atoms with Crippen LogP contribution in [0.1, 0.15) is 53.9 Å². The van der Waals surface area contributed by atoms with Crippen molar-refractivity contribution in [2.75, 3.05) is 6.79 Å². The van der Waals surface area contributed by atoms with Gasteiger partial charge in [-0.15, -0.1) is 0 Å². The van der Waals surface area contributed by atoms with Crippen LogP contribution < -0.4 is 7.06 Å². The molecule has 0 radical (unpaired) electrons. The number of alkyl halides is 1. The summed E-state index contributed by atoms with van der Waals surface area (Å²) in [6.07, 6.45) is 3.97. The first-order chi connectivity index (χ1) is 10.1. The summed E-state index contributed by atoms with van der Waals surface area (Å²) in [5.41, 5.74) is -0.0539. The number of rotatable bonds is 5. The normalized spacial score (nSPS) is 41.2. The Balaban J connectivity index is 1.35. The van der Waals surface area contributed by atoms with Crippen LogP contribution in [0.3, 0.4) is 0 Å². The molecule has 0 spiro atoms. The van der Waals surface area contributed by atoms with Crippen LogP contribution in [0.15, 0.2) is 0 Å². The third-order valence-corrected chi connectivity index (χ3v) is 11.7. The van der Waals surface area contributed by atoms with Crippen LogP contribution in [0.5, 0.6) is 0 Å². The molecule has 2 saturated heterocycles. The maximum absolute atomic E-state index is 12.4. The summed E-state index contributed by atoms with van der Waals surface area (Å²) >= 11 is -1.14. The third kappa shape index (κ3) is 1.90. The second-order valence-corrected chi connectivity index (χ2v) is 13.1. The van der Waals surface area contributed by atoms with Gasteiger partial charge in [-0.05, 0) is 0 Å². The molecule has 2 aliphatic heterocycles. The van der Waals surface area contributed by atoms with Crippen molar-refractivity contribution in [1.29, 1.82) is 0 Å². The van der Waals surface area contributed by atoms with E-state index in [2.05, 4.69) is 27.8 Å². The molecular formula is C16H27IN2O3. The first-order valence-corrected chi connectivity index (χ1v) is 11.4. The Labute approximate surface area is 140 Å². The molecule has 4 fully saturated rings. The molecule has 2 N–H and O–H groups in total. The molecule has 2 bridgehead atoms. The van der Waals surface area contributed by atoms with E-state index in [9.17, 15) is 4.79 Å². The molecule has 4 aliphatic rings. The van der Waals surface area contributed by atoms with Gasteiger partial charge in [0.05, 0.1) is 0 Å². The van der Waals surface area contributed by atoms with E-state index in [0.717, 1.165) is 5.92 Å². The van der Waals surface area contributed by atoms with Gasteiger partial charge in [-0.25, -0.2) is 0 Å². The van der Waals surface area contributed by atoms with Crippen LogP contribution in [-0.2, 0) is 14.3 Å². The van der Waals surface area contributed by atoms with Gasteiger partial charge in [0.1, 0.15) is 0 Å². The average Bonchev–Trinajstić information content (AvgIpc) is 3.22. The third-order valence-electron chi connectivity index (χ3n) is 6.60. The van der Waals surface area contributed by atoms with E-state index >= 15 is 0 Å². The molecule has 6 heteroatoms. The van der Waals surface area contributed by atoms with Gasteiger partial charge in [0.2, 0.25) is 0 Å². The second kappa shape index (κ2) is 4.37. The molecule has 3 atom stereocenters. The first kappa shape index (κ1) is 15.6. The van der Waals surface area contributed by atoms with E-state index in [1.54, 1.807) is 0 Å². The van der Waals surface area contributed by atoms with Gasteiger partial charge >= 0.3 is 140 Å². The van der Waals surface area contributed by atoms with Crippen LogP contribution in [0.2, 0.25) is 0 Å². The molecule has 126 valence electrons. The maximum atomic E-state index is 12.4. The standard InChI is InChI=1S/C16H27IN2O3/c1-13(2)10-6-7-15(5,8-10)11(13)21-9-22-12(20)14(3,4)16-17(18-16)19-16/h10-11,18-19H,6-9H2,1-5H3.